The number of rotatable bonds is 6. The van der Waals surface area contributed by atoms with Crippen LogP contribution in [-0.2, 0) is 16.0 Å². The molecule has 0 aromatic heterocycles. The summed E-state index contributed by atoms with van der Waals surface area (Å²) in [5.41, 5.74) is 2.41. The molecule has 1 aromatic carbocycles. The van der Waals surface area contributed by atoms with E-state index in [1.807, 2.05) is 31.2 Å². The maximum atomic E-state index is 11.4. The van der Waals surface area contributed by atoms with Crippen LogP contribution in [0.2, 0.25) is 0 Å². The Morgan fingerprint density at radius 1 is 1.28 bits per heavy atom. The number of carbonyl (C=O) groups excluding carboxylic acids is 1. The first-order valence-corrected chi connectivity index (χ1v) is 6.07. The molecule has 98 valence electrons. The molecule has 0 aliphatic heterocycles. The van der Waals surface area contributed by atoms with Crippen LogP contribution in [-0.4, -0.2) is 23.0 Å². The lowest BCUT2D eigenvalue weighted by Gasteiger charge is -2.09. The molecule has 1 unspecified atom stereocenters. The molecular formula is C14H19NO3. The van der Waals surface area contributed by atoms with Crippen LogP contribution in [0.25, 0.3) is 0 Å². The lowest BCUT2D eigenvalue weighted by atomic mass is 10.1. The van der Waals surface area contributed by atoms with E-state index in [9.17, 15) is 9.59 Å². The van der Waals surface area contributed by atoms with E-state index in [-0.39, 0.29) is 5.91 Å². The summed E-state index contributed by atoms with van der Waals surface area (Å²) in [6, 6.07) is 7.36. The lowest BCUT2D eigenvalue weighted by molar-refractivity contribution is -0.141. The average molecular weight is 249 g/mol. The molecule has 0 bridgehead atoms. The molecule has 0 radical (unpaired) electrons. The van der Waals surface area contributed by atoms with Gasteiger partial charge in [-0.15, -0.1) is 0 Å². The van der Waals surface area contributed by atoms with Crippen LogP contribution in [0.3, 0.4) is 0 Å². The van der Waals surface area contributed by atoms with Gasteiger partial charge in [-0.2, -0.15) is 0 Å². The van der Waals surface area contributed by atoms with Gasteiger partial charge in [0.1, 0.15) is 6.04 Å². The van der Waals surface area contributed by atoms with Gasteiger partial charge >= 0.3 is 5.97 Å². The molecule has 4 nitrogen and oxygen atoms in total. The Balaban J connectivity index is 2.27. The second-order valence-corrected chi connectivity index (χ2v) is 4.47. The third kappa shape index (κ3) is 4.99. The van der Waals surface area contributed by atoms with Crippen molar-refractivity contribution in [2.45, 2.75) is 39.2 Å². The Morgan fingerprint density at radius 3 is 2.44 bits per heavy atom. The number of benzene rings is 1. The van der Waals surface area contributed by atoms with E-state index in [0.29, 0.717) is 6.42 Å². The van der Waals surface area contributed by atoms with E-state index >= 15 is 0 Å². The van der Waals surface area contributed by atoms with Crippen LogP contribution in [0.4, 0.5) is 0 Å². The van der Waals surface area contributed by atoms with Crippen LogP contribution in [0.15, 0.2) is 24.3 Å². The molecule has 1 atom stereocenters. The maximum absolute atomic E-state index is 11.4. The van der Waals surface area contributed by atoms with Crippen molar-refractivity contribution in [1.82, 2.24) is 5.32 Å². The Bertz CT molecular complexity index is 412. The SMILES string of the molecule is Cc1ccc(CCCC(=O)NC(C)C(=O)O)cc1. The molecule has 1 aromatic rings. The highest BCUT2D eigenvalue weighted by molar-refractivity contribution is 5.83. The predicted molar refractivity (Wildman–Crippen MR) is 69.4 cm³/mol. The molecule has 0 aliphatic carbocycles. The first-order valence-electron chi connectivity index (χ1n) is 6.07. The summed E-state index contributed by atoms with van der Waals surface area (Å²) < 4.78 is 0. The van der Waals surface area contributed by atoms with Crippen LogP contribution in [0, 0.1) is 6.92 Å². The summed E-state index contributed by atoms with van der Waals surface area (Å²) in [5, 5.41) is 11.1. The van der Waals surface area contributed by atoms with Gasteiger partial charge in [0, 0.05) is 6.42 Å². The summed E-state index contributed by atoms with van der Waals surface area (Å²) in [6.07, 6.45) is 1.90. The first-order chi connectivity index (χ1) is 8.49. The molecule has 1 rings (SSSR count). The number of carboxylic acids is 1. The predicted octanol–water partition coefficient (Wildman–Crippen LogP) is 1.91. The Kier molecular flexibility index (Phi) is 5.36. The van der Waals surface area contributed by atoms with Crippen molar-refractivity contribution < 1.29 is 14.7 Å². The second-order valence-electron chi connectivity index (χ2n) is 4.47. The zero-order chi connectivity index (χ0) is 13.5. The van der Waals surface area contributed by atoms with Gasteiger partial charge in [0.25, 0.3) is 0 Å². The number of carboxylic acid groups (broad SMARTS) is 1. The Labute approximate surface area is 107 Å². The van der Waals surface area contributed by atoms with Gasteiger partial charge in [0.2, 0.25) is 5.91 Å². The molecule has 0 spiro atoms. The third-order valence-corrected chi connectivity index (χ3v) is 2.74. The van der Waals surface area contributed by atoms with Crippen LogP contribution in [0.5, 0.6) is 0 Å². The summed E-state index contributed by atoms with van der Waals surface area (Å²) in [6.45, 7) is 3.49. The fraction of sp³-hybridized carbons (Fsp3) is 0.429. The number of aliphatic carboxylic acids is 1. The topological polar surface area (TPSA) is 66.4 Å². The number of hydrogen-bond acceptors (Lipinski definition) is 2. The van der Waals surface area contributed by atoms with Crippen molar-refractivity contribution in [3.63, 3.8) is 0 Å². The van der Waals surface area contributed by atoms with E-state index in [1.165, 1.54) is 18.1 Å². The largest absolute Gasteiger partial charge is 0.480 e. The highest BCUT2D eigenvalue weighted by Gasteiger charge is 2.13. The van der Waals surface area contributed by atoms with Gasteiger partial charge in [0.15, 0.2) is 0 Å². The van der Waals surface area contributed by atoms with Gasteiger partial charge in [0.05, 0.1) is 0 Å². The van der Waals surface area contributed by atoms with Crippen LogP contribution >= 0.6 is 0 Å². The standard InChI is InChI=1S/C14H19NO3/c1-10-6-8-12(9-7-10)4-3-5-13(16)15-11(2)14(17)18/h6-9,11H,3-5H2,1-2H3,(H,15,16)(H,17,18). The first kappa shape index (κ1) is 14.2. The average Bonchev–Trinajstić information content (AvgIpc) is 2.31. The second kappa shape index (κ2) is 6.79. The quantitative estimate of drug-likeness (QED) is 0.809. The summed E-state index contributed by atoms with van der Waals surface area (Å²) in [4.78, 5) is 22.0. The fourth-order valence-electron chi connectivity index (χ4n) is 1.58. The number of amides is 1. The normalized spacial score (nSPS) is 11.9. The number of aryl methyl sites for hydroxylation is 2. The minimum atomic E-state index is -1.01. The number of hydrogen-bond donors (Lipinski definition) is 2. The zero-order valence-corrected chi connectivity index (χ0v) is 10.8. The number of carbonyl (C=O) groups is 2. The van der Waals surface area contributed by atoms with Gasteiger partial charge in [-0.3, -0.25) is 9.59 Å². The molecule has 0 saturated heterocycles. The van der Waals surface area contributed by atoms with Gasteiger partial charge in [-0.25, -0.2) is 0 Å². The Morgan fingerprint density at radius 2 is 1.89 bits per heavy atom. The zero-order valence-electron chi connectivity index (χ0n) is 10.8. The summed E-state index contributed by atoms with van der Waals surface area (Å²) in [7, 11) is 0. The van der Waals surface area contributed by atoms with E-state index in [4.69, 9.17) is 5.11 Å². The van der Waals surface area contributed by atoms with E-state index in [1.54, 1.807) is 0 Å². The smallest absolute Gasteiger partial charge is 0.325 e. The van der Waals surface area contributed by atoms with Gasteiger partial charge in [-0.05, 0) is 32.3 Å². The van der Waals surface area contributed by atoms with Crippen LogP contribution in [0.1, 0.15) is 30.9 Å². The van der Waals surface area contributed by atoms with Gasteiger partial charge in [-0.1, -0.05) is 29.8 Å². The summed E-state index contributed by atoms with van der Waals surface area (Å²) in [5.74, 6) is -1.22. The van der Waals surface area contributed by atoms with Crippen molar-refractivity contribution >= 4 is 11.9 Å². The molecule has 0 heterocycles. The summed E-state index contributed by atoms with van der Waals surface area (Å²) >= 11 is 0. The molecule has 0 aliphatic rings. The van der Waals surface area contributed by atoms with Crippen molar-refractivity contribution in [2.75, 3.05) is 0 Å². The molecule has 18 heavy (non-hydrogen) atoms. The lowest BCUT2D eigenvalue weighted by Crippen LogP contribution is -2.38. The monoisotopic (exact) mass is 249 g/mol. The Hall–Kier alpha value is -1.84. The highest BCUT2D eigenvalue weighted by atomic mass is 16.4. The third-order valence-electron chi connectivity index (χ3n) is 2.74. The van der Waals surface area contributed by atoms with Crippen molar-refractivity contribution in [3.8, 4) is 0 Å². The van der Waals surface area contributed by atoms with E-state index in [0.717, 1.165) is 12.8 Å². The molecular weight excluding hydrogens is 230 g/mol. The van der Waals surface area contributed by atoms with Gasteiger partial charge < -0.3 is 10.4 Å². The van der Waals surface area contributed by atoms with Crippen LogP contribution < -0.4 is 5.32 Å². The fourth-order valence-corrected chi connectivity index (χ4v) is 1.58. The maximum Gasteiger partial charge on any atom is 0.325 e. The molecule has 4 heteroatoms. The van der Waals surface area contributed by atoms with E-state index in [2.05, 4.69) is 5.32 Å². The molecule has 0 saturated carbocycles. The number of nitrogens with one attached hydrogen (secondary N) is 1. The minimum Gasteiger partial charge on any atom is -0.480 e. The van der Waals surface area contributed by atoms with Crippen molar-refractivity contribution in [2.24, 2.45) is 0 Å². The molecule has 2 N–H and O–H groups in total. The van der Waals surface area contributed by atoms with Crippen molar-refractivity contribution in [3.05, 3.63) is 35.4 Å². The van der Waals surface area contributed by atoms with Crippen molar-refractivity contribution in [1.29, 1.82) is 0 Å². The molecule has 1 amide bonds. The highest BCUT2D eigenvalue weighted by Crippen LogP contribution is 2.07. The minimum absolute atomic E-state index is 0.211. The van der Waals surface area contributed by atoms with E-state index < -0.39 is 12.0 Å². The molecule has 0 fully saturated rings.